The van der Waals surface area contributed by atoms with E-state index < -0.39 is 0 Å². The van der Waals surface area contributed by atoms with Crippen molar-refractivity contribution >= 4 is 34.1 Å². The van der Waals surface area contributed by atoms with E-state index in [0.717, 1.165) is 47.5 Å². The number of carbonyl (C=O) groups excluding carboxylic acids is 1. The lowest BCUT2D eigenvalue weighted by Gasteiger charge is -2.12. The summed E-state index contributed by atoms with van der Waals surface area (Å²) in [7, 11) is 0. The van der Waals surface area contributed by atoms with Gasteiger partial charge < -0.3 is 10.1 Å². The van der Waals surface area contributed by atoms with Gasteiger partial charge >= 0.3 is 0 Å². The van der Waals surface area contributed by atoms with Crippen LogP contribution in [-0.4, -0.2) is 18.7 Å². The van der Waals surface area contributed by atoms with Crippen molar-refractivity contribution in [2.45, 2.75) is 25.7 Å². The molecule has 1 aliphatic rings. The van der Waals surface area contributed by atoms with E-state index in [4.69, 9.17) is 16.2 Å². The highest BCUT2D eigenvalue weighted by Crippen LogP contribution is 2.40. The van der Waals surface area contributed by atoms with Crippen LogP contribution in [0.4, 0.5) is 10.7 Å². The van der Waals surface area contributed by atoms with Crippen molar-refractivity contribution in [3.05, 3.63) is 76.2 Å². The smallest absolute Gasteiger partial charge is 0.259 e. The summed E-state index contributed by atoms with van der Waals surface area (Å²) in [5.74, 6) is 3.05. The number of aryl methyl sites for hydroxylation is 1. The minimum Gasteiger partial charge on any atom is -0.480 e. The fourth-order valence-corrected chi connectivity index (χ4v) is 4.79. The van der Waals surface area contributed by atoms with E-state index >= 15 is 0 Å². The van der Waals surface area contributed by atoms with Crippen molar-refractivity contribution in [3.63, 3.8) is 0 Å². The van der Waals surface area contributed by atoms with E-state index in [0.29, 0.717) is 11.3 Å². The second kappa shape index (κ2) is 9.43. The van der Waals surface area contributed by atoms with Gasteiger partial charge in [0.05, 0.1) is 5.56 Å². The standard InChI is InChI=1S/C25H22N2O2S/c1-2-16-29-21-14-8-6-10-18(21)17-26-25-23(20-13-7-9-15-22(20)30-25)24(28)27-19-11-4-3-5-12-19/h1,3-6,8,10-12,14,17H,7,9,13,15-16H2,(H,27,28). The van der Waals surface area contributed by atoms with Gasteiger partial charge in [-0.1, -0.05) is 36.3 Å². The number of hydrogen-bond acceptors (Lipinski definition) is 4. The number of nitrogens with one attached hydrogen (secondary N) is 1. The van der Waals surface area contributed by atoms with Gasteiger partial charge in [-0.15, -0.1) is 17.8 Å². The highest BCUT2D eigenvalue weighted by Gasteiger charge is 2.25. The number of ether oxygens (including phenoxy) is 1. The van der Waals surface area contributed by atoms with Crippen LogP contribution in [0.2, 0.25) is 0 Å². The molecular weight excluding hydrogens is 392 g/mol. The maximum absolute atomic E-state index is 13.2. The Morgan fingerprint density at radius 2 is 1.90 bits per heavy atom. The van der Waals surface area contributed by atoms with Crippen LogP contribution < -0.4 is 10.1 Å². The summed E-state index contributed by atoms with van der Waals surface area (Å²) in [6.07, 6.45) is 11.2. The van der Waals surface area contributed by atoms with Crippen LogP contribution >= 0.6 is 11.3 Å². The van der Waals surface area contributed by atoms with Crippen LogP contribution in [-0.2, 0) is 12.8 Å². The van der Waals surface area contributed by atoms with Crippen LogP contribution in [0, 0.1) is 12.3 Å². The monoisotopic (exact) mass is 414 g/mol. The largest absolute Gasteiger partial charge is 0.480 e. The summed E-state index contributed by atoms with van der Waals surface area (Å²) < 4.78 is 5.61. The number of hydrogen-bond donors (Lipinski definition) is 1. The van der Waals surface area contributed by atoms with Gasteiger partial charge in [-0.2, -0.15) is 0 Å². The number of fused-ring (bicyclic) bond motifs is 1. The topological polar surface area (TPSA) is 50.7 Å². The quantitative estimate of drug-likeness (QED) is 0.419. The summed E-state index contributed by atoms with van der Waals surface area (Å²) in [5.41, 5.74) is 3.44. The zero-order valence-corrected chi connectivity index (χ0v) is 17.4. The van der Waals surface area contributed by atoms with Crippen LogP contribution in [0.3, 0.4) is 0 Å². The highest BCUT2D eigenvalue weighted by atomic mass is 32.1. The Hall–Kier alpha value is -3.36. The molecule has 1 heterocycles. The van der Waals surface area contributed by atoms with E-state index in [1.54, 1.807) is 17.6 Å². The molecule has 0 fully saturated rings. The molecule has 1 aromatic heterocycles. The van der Waals surface area contributed by atoms with Crippen molar-refractivity contribution in [2.24, 2.45) is 4.99 Å². The molecule has 5 heteroatoms. The van der Waals surface area contributed by atoms with Gasteiger partial charge in [0, 0.05) is 22.3 Å². The van der Waals surface area contributed by atoms with Gasteiger partial charge in [-0.3, -0.25) is 4.79 Å². The molecule has 0 aliphatic heterocycles. The second-order valence-corrected chi connectivity index (χ2v) is 8.08. The lowest BCUT2D eigenvalue weighted by Crippen LogP contribution is -2.14. The molecular formula is C25H22N2O2S. The molecule has 0 saturated carbocycles. The van der Waals surface area contributed by atoms with Crippen molar-refractivity contribution in [1.29, 1.82) is 0 Å². The zero-order chi connectivity index (χ0) is 20.8. The van der Waals surface area contributed by atoms with Crippen molar-refractivity contribution in [1.82, 2.24) is 0 Å². The van der Waals surface area contributed by atoms with Gasteiger partial charge in [0.2, 0.25) is 0 Å². The molecule has 0 atom stereocenters. The summed E-state index contributed by atoms with van der Waals surface area (Å²) in [6.45, 7) is 0.197. The third-order valence-electron chi connectivity index (χ3n) is 4.96. The van der Waals surface area contributed by atoms with Crippen LogP contribution in [0.5, 0.6) is 5.75 Å². The summed E-state index contributed by atoms with van der Waals surface area (Å²) in [5, 5.41) is 3.76. The lowest BCUT2D eigenvalue weighted by molar-refractivity contribution is 0.102. The van der Waals surface area contributed by atoms with E-state index in [9.17, 15) is 4.79 Å². The van der Waals surface area contributed by atoms with Gasteiger partial charge in [-0.05, 0) is 55.5 Å². The average molecular weight is 415 g/mol. The molecule has 30 heavy (non-hydrogen) atoms. The Morgan fingerprint density at radius 1 is 1.13 bits per heavy atom. The van der Waals surface area contributed by atoms with E-state index in [1.165, 1.54) is 4.88 Å². The number of anilines is 1. The first kappa shape index (κ1) is 19.9. The van der Waals surface area contributed by atoms with Crippen LogP contribution in [0.25, 0.3) is 0 Å². The Labute approximate surface area is 180 Å². The highest BCUT2D eigenvalue weighted by molar-refractivity contribution is 7.16. The van der Waals surface area contributed by atoms with Crippen LogP contribution in [0.1, 0.15) is 39.2 Å². The molecule has 150 valence electrons. The Kier molecular flexibility index (Phi) is 6.26. The first-order valence-electron chi connectivity index (χ1n) is 9.96. The molecule has 4 nitrogen and oxygen atoms in total. The fraction of sp³-hybridized carbons (Fsp3) is 0.200. The molecule has 1 aliphatic carbocycles. The molecule has 1 amide bonds. The minimum absolute atomic E-state index is 0.107. The zero-order valence-electron chi connectivity index (χ0n) is 16.6. The van der Waals surface area contributed by atoms with Crippen molar-refractivity contribution < 1.29 is 9.53 Å². The Bertz CT molecular complexity index is 1110. The number of aliphatic imine (C=N–C) groups is 1. The molecule has 0 saturated heterocycles. The number of thiophene rings is 1. The summed E-state index contributed by atoms with van der Waals surface area (Å²) >= 11 is 1.61. The minimum atomic E-state index is -0.107. The van der Waals surface area contributed by atoms with Crippen molar-refractivity contribution in [2.75, 3.05) is 11.9 Å². The number of terminal acetylenes is 1. The predicted molar refractivity (Wildman–Crippen MR) is 123 cm³/mol. The lowest BCUT2D eigenvalue weighted by atomic mass is 9.95. The maximum Gasteiger partial charge on any atom is 0.259 e. The molecule has 0 radical (unpaired) electrons. The SMILES string of the molecule is C#CCOc1ccccc1C=Nc1sc2c(c1C(=O)Nc1ccccc1)CCCC2. The third kappa shape index (κ3) is 4.45. The molecule has 0 spiro atoms. The Balaban J connectivity index is 1.67. The van der Waals surface area contributed by atoms with E-state index in [-0.39, 0.29) is 12.5 Å². The van der Waals surface area contributed by atoms with E-state index in [1.807, 2.05) is 54.6 Å². The normalized spacial score (nSPS) is 12.9. The molecule has 0 unspecified atom stereocenters. The van der Waals surface area contributed by atoms with E-state index in [2.05, 4.69) is 11.2 Å². The maximum atomic E-state index is 13.2. The number of nitrogens with zero attached hydrogens (tertiary/aromatic N) is 1. The molecule has 0 bridgehead atoms. The number of para-hydroxylation sites is 2. The Morgan fingerprint density at radius 3 is 2.73 bits per heavy atom. The first-order chi connectivity index (χ1) is 14.8. The van der Waals surface area contributed by atoms with Crippen molar-refractivity contribution in [3.8, 4) is 18.1 Å². The number of benzene rings is 2. The molecule has 3 aromatic rings. The molecule has 1 N–H and O–H groups in total. The average Bonchev–Trinajstić information content (AvgIpc) is 3.16. The van der Waals surface area contributed by atoms with Gasteiger partial charge in [0.1, 0.15) is 17.4 Å². The number of amides is 1. The summed E-state index contributed by atoms with van der Waals surface area (Å²) in [6, 6.07) is 17.1. The van der Waals surface area contributed by atoms with Gasteiger partial charge in [0.15, 0.2) is 0 Å². The second-order valence-electron chi connectivity index (χ2n) is 7.00. The van der Waals surface area contributed by atoms with Gasteiger partial charge in [-0.25, -0.2) is 4.99 Å². The predicted octanol–water partition coefficient (Wildman–Crippen LogP) is 5.64. The number of rotatable bonds is 6. The third-order valence-corrected chi connectivity index (χ3v) is 6.16. The molecule has 4 rings (SSSR count). The van der Waals surface area contributed by atoms with Crippen LogP contribution in [0.15, 0.2) is 59.6 Å². The first-order valence-corrected chi connectivity index (χ1v) is 10.8. The fourth-order valence-electron chi connectivity index (χ4n) is 3.56. The number of carbonyl (C=O) groups is 1. The summed E-state index contributed by atoms with van der Waals surface area (Å²) in [4.78, 5) is 19.1. The van der Waals surface area contributed by atoms with Gasteiger partial charge in [0.25, 0.3) is 5.91 Å². The molecule has 2 aromatic carbocycles.